The van der Waals surface area contributed by atoms with E-state index in [4.69, 9.17) is 14.5 Å². The Morgan fingerprint density at radius 2 is 1.74 bits per heavy atom. The predicted molar refractivity (Wildman–Crippen MR) is 121 cm³/mol. The minimum atomic E-state index is -0.227. The summed E-state index contributed by atoms with van der Waals surface area (Å²) in [5.41, 5.74) is 1.24. The third-order valence-electron chi connectivity index (χ3n) is 6.48. The van der Waals surface area contributed by atoms with Crippen molar-refractivity contribution >= 4 is 11.9 Å². The van der Waals surface area contributed by atoms with E-state index in [1.807, 2.05) is 11.0 Å². The highest BCUT2D eigenvalue weighted by molar-refractivity contribution is 5.82. The molecule has 0 aliphatic carbocycles. The molecule has 1 N–H and O–H groups in total. The molecule has 7 nitrogen and oxygen atoms in total. The molecule has 170 valence electrons. The first-order chi connectivity index (χ1) is 15.3. The number of carbonyl (C=O) groups is 1. The quantitative estimate of drug-likeness (QED) is 0.576. The van der Waals surface area contributed by atoms with Crippen LogP contribution in [0.4, 0.5) is 0 Å². The molecule has 3 heterocycles. The smallest absolute Gasteiger partial charge is 0.251 e. The molecule has 0 saturated carbocycles. The number of benzene rings is 1. The fourth-order valence-corrected chi connectivity index (χ4v) is 4.79. The molecule has 0 radical (unpaired) electrons. The van der Waals surface area contributed by atoms with Gasteiger partial charge in [0.2, 0.25) is 0 Å². The number of guanidine groups is 1. The van der Waals surface area contributed by atoms with Crippen molar-refractivity contribution in [3.05, 3.63) is 35.9 Å². The third-order valence-corrected chi connectivity index (χ3v) is 6.48. The Hall–Kier alpha value is -2.12. The summed E-state index contributed by atoms with van der Waals surface area (Å²) in [5.74, 6) is 1.49. The van der Waals surface area contributed by atoms with E-state index in [2.05, 4.69) is 41.4 Å². The lowest BCUT2D eigenvalue weighted by Crippen LogP contribution is -2.55. The number of carbonyl (C=O) groups excluding carboxylic acids is 1. The van der Waals surface area contributed by atoms with E-state index < -0.39 is 0 Å². The van der Waals surface area contributed by atoms with Crippen LogP contribution in [0.25, 0.3) is 0 Å². The number of piperazine rings is 1. The maximum atomic E-state index is 12.6. The molecule has 3 fully saturated rings. The monoisotopic (exact) mass is 428 g/mol. The Balaban J connectivity index is 1.36. The summed E-state index contributed by atoms with van der Waals surface area (Å²) in [6.45, 7) is 8.26. The van der Waals surface area contributed by atoms with E-state index in [0.717, 1.165) is 77.5 Å². The number of nitrogens with zero attached hydrogens (tertiary/aromatic N) is 3. The fourth-order valence-electron chi connectivity index (χ4n) is 4.79. The molecule has 0 spiro atoms. The first kappa shape index (κ1) is 22.1. The van der Waals surface area contributed by atoms with E-state index in [0.29, 0.717) is 12.5 Å². The number of nitrogens with one attached hydrogen (secondary N) is 1. The molecule has 3 saturated heterocycles. The highest BCUT2D eigenvalue weighted by atomic mass is 16.5. The van der Waals surface area contributed by atoms with Gasteiger partial charge < -0.3 is 24.6 Å². The SMILES string of the molecule is CCNC(=NCC1CCCOC1c1ccccc1)N1CCN(C(=O)C2CCCO2)CC1. The van der Waals surface area contributed by atoms with Crippen molar-refractivity contribution in [1.29, 1.82) is 0 Å². The predicted octanol–water partition coefficient (Wildman–Crippen LogP) is 2.44. The summed E-state index contributed by atoms with van der Waals surface area (Å²) in [7, 11) is 0. The van der Waals surface area contributed by atoms with Crippen LogP contribution in [0.3, 0.4) is 0 Å². The standard InChI is InChI=1S/C24H36N4O3/c1-2-25-24(28-14-12-27(13-15-28)23(29)21-11-7-16-30-21)26-18-20-10-6-17-31-22(20)19-8-4-3-5-9-19/h3-5,8-9,20-22H,2,6-7,10-18H2,1H3,(H,25,26). The van der Waals surface area contributed by atoms with Crippen molar-refractivity contribution < 1.29 is 14.3 Å². The highest BCUT2D eigenvalue weighted by Gasteiger charge is 2.31. The van der Waals surface area contributed by atoms with Crippen molar-refractivity contribution in [2.45, 2.75) is 44.8 Å². The van der Waals surface area contributed by atoms with Crippen LogP contribution < -0.4 is 5.32 Å². The molecule has 0 aromatic heterocycles. The van der Waals surface area contributed by atoms with Crippen LogP contribution in [0.5, 0.6) is 0 Å². The second kappa shape index (κ2) is 11.0. The van der Waals surface area contributed by atoms with Gasteiger partial charge in [-0.15, -0.1) is 0 Å². The molecule has 31 heavy (non-hydrogen) atoms. The van der Waals surface area contributed by atoms with Gasteiger partial charge in [0.05, 0.1) is 6.10 Å². The molecule has 3 atom stereocenters. The van der Waals surface area contributed by atoms with Crippen LogP contribution in [-0.4, -0.2) is 80.3 Å². The molecule has 3 unspecified atom stereocenters. The van der Waals surface area contributed by atoms with Crippen LogP contribution in [0.1, 0.15) is 44.3 Å². The van der Waals surface area contributed by atoms with Crippen LogP contribution >= 0.6 is 0 Å². The Kier molecular flexibility index (Phi) is 7.81. The van der Waals surface area contributed by atoms with Gasteiger partial charge in [-0.05, 0) is 38.2 Å². The Morgan fingerprint density at radius 1 is 1.03 bits per heavy atom. The lowest BCUT2D eigenvalue weighted by Gasteiger charge is -2.37. The molecule has 1 aromatic rings. The zero-order valence-electron chi connectivity index (χ0n) is 18.7. The average Bonchev–Trinajstić information content (AvgIpc) is 3.37. The van der Waals surface area contributed by atoms with E-state index >= 15 is 0 Å². The van der Waals surface area contributed by atoms with Crippen LogP contribution in [0.2, 0.25) is 0 Å². The van der Waals surface area contributed by atoms with Crippen LogP contribution in [0, 0.1) is 5.92 Å². The van der Waals surface area contributed by atoms with Crippen LogP contribution in [0.15, 0.2) is 35.3 Å². The maximum Gasteiger partial charge on any atom is 0.251 e. The van der Waals surface area contributed by atoms with E-state index in [9.17, 15) is 4.79 Å². The third kappa shape index (κ3) is 5.57. The summed E-state index contributed by atoms with van der Waals surface area (Å²) in [5, 5.41) is 3.45. The largest absolute Gasteiger partial charge is 0.373 e. The lowest BCUT2D eigenvalue weighted by atomic mass is 9.89. The number of hydrogen-bond acceptors (Lipinski definition) is 4. The minimum Gasteiger partial charge on any atom is -0.373 e. The zero-order chi connectivity index (χ0) is 21.5. The van der Waals surface area contributed by atoms with Crippen molar-refractivity contribution in [3.63, 3.8) is 0 Å². The lowest BCUT2D eigenvalue weighted by molar-refractivity contribution is -0.142. The van der Waals surface area contributed by atoms with Gasteiger partial charge in [-0.1, -0.05) is 30.3 Å². The van der Waals surface area contributed by atoms with Crippen LogP contribution in [-0.2, 0) is 14.3 Å². The van der Waals surface area contributed by atoms with Gasteiger partial charge in [-0.25, -0.2) is 0 Å². The van der Waals surface area contributed by atoms with Gasteiger partial charge in [0.15, 0.2) is 5.96 Å². The Labute approximate surface area is 185 Å². The topological polar surface area (TPSA) is 66.4 Å². The first-order valence-electron chi connectivity index (χ1n) is 11.9. The zero-order valence-corrected chi connectivity index (χ0v) is 18.7. The Morgan fingerprint density at radius 3 is 2.45 bits per heavy atom. The highest BCUT2D eigenvalue weighted by Crippen LogP contribution is 2.33. The van der Waals surface area contributed by atoms with Gasteiger partial charge in [-0.2, -0.15) is 0 Å². The van der Waals surface area contributed by atoms with Gasteiger partial charge in [0.1, 0.15) is 6.10 Å². The molecular formula is C24H36N4O3. The summed E-state index contributed by atoms with van der Waals surface area (Å²) in [4.78, 5) is 21.9. The van der Waals surface area contributed by atoms with Gasteiger partial charge in [-0.3, -0.25) is 9.79 Å². The second-order valence-electron chi connectivity index (χ2n) is 8.61. The van der Waals surface area contributed by atoms with Gasteiger partial charge in [0.25, 0.3) is 5.91 Å². The molecule has 1 aromatic carbocycles. The molecule has 0 bridgehead atoms. The van der Waals surface area contributed by atoms with Gasteiger partial charge >= 0.3 is 0 Å². The van der Waals surface area contributed by atoms with E-state index in [-0.39, 0.29) is 18.1 Å². The van der Waals surface area contributed by atoms with E-state index in [1.54, 1.807) is 0 Å². The maximum absolute atomic E-state index is 12.6. The summed E-state index contributed by atoms with van der Waals surface area (Å²) >= 11 is 0. The molecule has 7 heteroatoms. The average molecular weight is 429 g/mol. The number of hydrogen-bond donors (Lipinski definition) is 1. The minimum absolute atomic E-state index is 0.113. The number of amides is 1. The fraction of sp³-hybridized carbons (Fsp3) is 0.667. The number of aliphatic imine (C=N–C) groups is 1. The number of ether oxygens (including phenoxy) is 2. The second-order valence-corrected chi connectivity index (χ2v) is 8.61. The summed E-state index contributed by atoms with van der Waals surface area (Å²) in [6, 6.07) is 10.5. The molecule has 1 amide bonds. The van der Waals surface area contributed by atoms with Crippen molar-refractivity contribution in [2.24, 2.45) is 10.9 Å². The Bertz CT molecular complexity index is 728. The summed E-state index contributed by atoms with van der Waals surface area (Å²) in [6.07, 6.45) is 3.95. The van der Waals surface area contributed by atoms with Crippen molar-refractivity contribution in [2.75, 3.05) is 52.5 Å². The molecule has 3 aliphatic heterocycles. The van der Waals surface area contributed by atoms with E-state index in [1.165, 1.54) is 5.56 Å². The number of rotatable bonds is 5. The molecule has 3 aliphatic rings. The van der Waals surface area contributed by atoms with Crippen molar-refractivity contribution in [1.82, 2.24) is 15.1 Å². The normalized spacial score (nSPS) is 27.4. The van der Waals surface area contributed by atoms with Crippen molar-refractivity contribution in [3.8, 4) is 0 Å². The van der Waals surface area contributed by atoms with Gasteiger partial charge in [0, 0.05) is 58.4 Å². The summed E-state index contributed by atoms with van der Waals surface area (Å²) < 4.78 is 11.7. The molecular weight excluding hydrogens is 392 g/mol. The first-order valence-corrected chi connectivity index (χ1v) is 11.9. The molecule has 4 rings (SSSR count).